The van der Waals surface area contributed by atoms with Crippen molar-refractivity contribution in [2.24, 2.45) is 0 Å². The van der Waals surface area contributed by atoms with Crippen molar-refractivity contribution in [2.75, 3.05) is 5.32 Å². The second kappa shape index (κ2) is 5.65. The van der Waals surface area contributed by atoms with E-state index in [1.54, 1.807) is 13.0 Å². The van der Waals surface area contributed by atoms with Crippen molar-refractivity contribution >= 4 is 45.6 Å². The van der Waals surface area contributed by atoms with Crippen LogP contribution >= 0.6 is 34.5 Å². The van der Waals surface area contributed by atoms with Gasteiger partial charge in [0.2, 0.25) is 11.0 Å². The van der Waals surface area contributed by atoms with E-state index in [2.05, 4.69) is 15.5 Å². The van der Waals surface area contributed by atoms with Gasteiger partial charge in [0, 0.05) is 5.56 Å². The predicted octanol–water partition coefficient (Wildman–Crippen LogP) is 3.42. The molecule has 1 aromatic carbocycles. The van der Waals surface area contributed by atoms with Gasteiger partial charge in [-0.1, -0.05) is 41.1 Å². The summed E-state index contributed by atoms with van der Waals surface area (Å²) < 4.78 is 0. The van der Waals surface area contributed by atoms with Gasteiger partial charge < -0.3 is 0 Å². The molecular formula is C11H9Cl2N3OS. The third-order valence-electron chi connectivity index (χ3n) is 2.12. The molecule has 18 heavy (non-hydrogen) atoms. The highest BCUT2D eigenvalue weighted by molar-refractivity contribution is 7.18. The summed E-state index contributed by atoms with van der Waals surface area (Å²) in [6.45, 7) is 1.59. The van der Waals surface area contributed by atoms with Crippen molar-refractivity contribution in [3.05, 3.63) is 29.3 Å². The first-order valence-corrected chi connectivity index (χ1v) is 6.74. The number of alkyl halides is 1. The first-order chi connectivity index (χ1) is 8.58. The Hall–Kier alpha value is -1.17. The first-order valence-electron chi connectivity index (χ1n) is 5.11. The molecule has 0 radical (unpaired) electrons. The lowest BCUT2D eigenvalue weighted by atomic mass is 10.2. The van der Waals surface area contributed by atoms with Crippen molar-refractivity contribution in [1.82, 2.24) is 10.2 Å². The Morgan fingerprint density at radius 2 is 2.11 bits per heavy atom. The Morgan fingerprint density at radius 1 is 1.39 bits per heavy atom. The molecule has 0 unspecified atom stereocenters. The van der Waals surface area contributed by atoms with E-state index in [1.807, 2.05) is 18.2 Å². The molecule has 7 heteroatoms. The Kier molecular flexibility index (Phi) is 4.16. The number of nitrogens with zero attached hydrogens (tertiary/aromatic N) is 2. The number of anilines is 1. The molecule has 0 fully saturated rings. The molecule has 1 amide bonds. The van der Waals surface area contributed by atoms with Crippen LogP contribution in [0.15, 0.2) is 24.3 Å². The zero-order valence-electron chi connectivity index (χ0n) is 9.35. The summed E-state index contributed by atoms with van der Waals surface area (Å²) in [7, 11) is 0. The minimum atomic E-state index is -0.613. The molecule has 1 atom stereocenters. The van der Waals surface area contributed by atoms with Crippen LogP contribution in [-0.4, -0.2) is 21.5 Å². The number of amides is 1. The van der Waals surface area contributed by atoms with Gasteiger partial charge in [-0.25, -0.2) is 0 Å². The van der Waals surface area contributed by atoms with Crippen molar-refractivity contribution in [3.63, 3.8) is 0 Å². The second-order valence-electron chi connectivity index (χ2n) is 3.50. The molecule has 2 aromatic rings. The van der Waals surface area contributed by atoms with E-state index in [9.17, 15) is 4.79 Å². The Balaban J connectivity index is 2.21. The fourth-order valence-corrected chi connectivity index (χ4v) is 2.34. The standard InChI is InChI=1S/C11H9Cl2N3OS/c1-6(12)9(17)14-11-16-15-10(18-11)7-4-2-3-5-8(7)13/h2-6H,1H3,(H,14,16,17)/t6-/m1/s1. The summed E-state index contributed by atoms with van der Waals surface area (Å²) in [6, 6.07) is 7.32. The SMILES string of the molecule is C[C@@H](Cl)C(=O)Nc1nnc(-c2ccccc2Cl)s1. The molecule has 4 nitrogen and oxygen atoms in total. The van der Waals surface area contributed by atoms with Crippen LogP contribution < -0.4 is 5.32 Å². The molecule has 0 bridgehead atoms. The van der Waals surface area contributed by atoms with Crippen LogP contribution in [0.2, 0.25) is 5.02 Å². The summed E-state index contributed by atoms with van der Waals surface area (Å²) in [5.74, 6) is -0.307. The highest BCUT2D eigenvalue weighted by Gasteiger charge is 2.14. The van der Waals surface area contributed by atoms with Gasteiger partial charge in [0.15, 0.2) is 5.01 Å². The van der Waals surface area contributed by atoms with Crippen molar-refractivity contribution < 1.29 is 4.79 Å². The van der Waals surface area contributed by atoms with Crippen LogP contribution in [0.4, 0.5) is 5.13 Å². The number of aromatic nitrogens is 2. The maximum absolute atomic E-state index is 11.4. The summed E-state index contributed by atoms with van der Waals surface area (Å²) >= 11 is 13.0. The lowest BCUT2D eigenvalue weighted by molar-refractivity contribution is -0.115. The van der Waals surface area contributed by atoms with Gasteiger partial charge in [-0.05, 0) is 13.0 Å². The molecule has 1 heterocycles. The normalized spacial score (nSPS) is 12.2. The van der Waals surface area contributed by atoms with E-state index >= 15 is 0 Å². The number of halogens is 2. The largest absolute Gasteiger partial charge is 0.299 e. The van der Waals surface area contributed by atoms with Crippen LogP contribution in [0.25, 0.3) is 10.6 Å². The average molecular weight is 302 g/mol. The molecule has 0 aliphatic heterocycles. The highest BCUT2D eigenvalue weighted by Crippen LogP contribution is 2.31. The number of hydrogen-bond acceptors (Lipinski definition) is 4. The Morgan fingerprint density at radius 3 is 2.78 bits per heavy atom. The van der Waals surface area contributed by atoms with Gasteiger partial charge >= 0.3 is 0 Å². The summed E-state index contributed by atoms with van der Waals surface area (Å²) in [5, 5.41) is 11.5. The van der Waals surface area contributed by atoms with Crippen LogP contribution in [0, 0.1) is 0 Å². The first kappa shape index (κ1) is 13.3. The van der Waals surface area contributed by atoms with Gasteiger partial charge in [0.1, 0.15) is 5.38 Å². The smallest absolute Gasteiger partial charge is 0.243 e. The number of carbonyl (C=O) groups excluding carboxylic acids is 1. The molecule has 0 spiro atoms. The second-order valence-corrected chi connectivity index (χ2v) is 5.54. The highest BCUT2D eigenvalue weighted by atomic mass is 35.5. The summed E-state index contributed by atoms with van der Waals surface area (Å²) in [6.07, 6.45) is 0. The van der Waals surface area contributed by atoms with Crippen LogP contribution in [-0.2, 0) is 4.79 Å². The predicted molar refractivity (Wildman–Crippen MR) is 74.3 cm³/mol. The Labute approximate surface area is 118 Å². The van der Waals surface area contributed by atoms with Gasteiger partial charge in [-0.3, -0.25) is 10.1 Å². The lowest BCUT2D eigenvalue weighted by Gasteiger charge is -2.00. The van der Waals surface area contributed by atoms with E-state index in [-0.39, 0.29) is 5.91 Å². The van der Waals surface area contributed by atoms with Crippen molar-refractivity contribution in [3.8, 4) is 10.6 Å². The average Bonchev–Trinajstić information content (AvgIpc) is 2.77. The van der Waals surface area contributed by atoms with Crippen molar-refractivity contribution in [1.29, 1.82) is 0 Å². The molecule has 0 aliphatic carbocycles. The number of carbonyl (C=O) groups is 1. The number of hydrogen-bond donors (Lipinski definition) is 1. The van der Waals surface area contributed by atoms with Crippen LogP contribution in [0.1, 0.15) is 6.92 Å². The van der Waals surface area contributed by atoms with Gasteiger partial charge in [-0.2, -0.15) is 0 Å². The van der Waals surface area contributed by atoms with Gasteiger partial charge in [-0.15, -0.1) is 21.8 Å². The molecule has 2 rings (SSSR count). The maximum Gasteiger partial charge on any atom is 0.243 e. The third kappa shape index (κ3) is 2.98. The zero-order valence-corrected chi connectivity index (χ0v) is 11.7. The van der Waals surface area contributed by atoms with E-state index in [1.165, 1.54) is 11.3 Å². The molecule has 1 N–H and O–H groups in total. The quantitative estimate of drug-likeness (QED) is 0.884. The lowest BCUT2D eigenvalue weighted by Crippen LogP contribution is -2.20. The van der Waals surface area contributed by atoms with E-state index in [0.29, 0.717) is 15.2 Å². The van der Waals surface area contributed by atoms with Crippen molar-refractivity contribution in [2.45, 2.75) is 12.3 Å². The third-order valence-corrected chi connectivity index (χ3v) is 3.52. The van der Waals surface area contributed by atoms with E-state index < -0.39 is 5.38 Å². The molecule has 1 aromatic heterocycles. The summed E-state index contributed by atoms with van der Waals surface area (Å²) in [4.78, 5) is 11.4. The molecule has 94 valence electrons. The molecular weight excluding hydrogens is 293 g/mol. The molecule has 0 aliphatic rings. The maximum atomic E-state index is 11.4. The van der Waals surface area contributed by atoms with Gasteiger partial charge in [0.05, 0.1) is 5.02 Å². The van der Waals surface area contributed by atoms with Crippen LogP contribution in [0.3, 0.4) is 0 Å². The monoisotopic (exact) mass is 301 g/mol. The van der Waals surface area contributed by atoms with Gasteiger partial charge in [0.25, 0.3) is 0 Å². The fourth-order valence-electron chi connectivity index (χ4n) is 1.22. The molecule has 0 saturated heterocycles. The number of benzene rings is 1. The van der Waals surface area contributed by atoms with E-state index in [0.717, 1.165) is 5.56 Å². The number of nitrogens with one attached hydrogen (secondary N) is 1. The van der Waals surface area contributed by atoms with E-state index in [4.69, 9.17) is 23.2 Å². The molecule has 0 saturated carbocycles. The zero-order chi connectivity index (χ0) is 13.1. The topological polar surface area (TPSA) is 54.9 Å². The summed E-state index contributed by atoms with van der Waals surface area (Å²) in [5.41, 5.74) is 0.788. The van der Waals surface area contributed by atoms with Crippen LogP contribution in [0.5, 0.6) is 0 Å². The Bertz CT molecular complexity index is 571. The fraction of sp³-hybridized carbons (Fsp3) is 0.182. The minimum Gasteiger partial charge on any atom is -0.299 e. The number of rotatable bonds is 3. The minimum absolute atomic E-state index is 0.307.